The molecule has 1 heterocycles. The fourth-order valence-corrected chi connectivity index (χ4v) is 3.39. The number of hydrogen-bond acceptors (Lipinski definition) is 4. The predicted octanol–water partition coefficient (Wildman–Crippen LogP) is 4.76. The minimum Gasteiger partial charge on any atom is -0.341 e. The lowest BCUT2D eigenvalue weighted by Gasteiger charge is -2.08. The van der Waals surface area contributed by atoms with Crippen LogP contribution in [-0.4, -0.2) is 24.0 Å². The second kappa shape index (κ2) is 8.95. The molecule has 156 valence electrons. The molecule has 3 amide bonds. The van der Waals surface area contributed by atoms with E-state index in [4.69, 9.17) is 0 Å². The Morgan fingerprint density at radius 2 is 1.70 bits per heavy atom. The van der Waals surface area contributed by atoms with Crippen molar-refractivity contribution in [1.82, 2.24) is 10.3 Å². The minimum atomic E-state index is -4.39. The van der Waals surface area contributed by atoms with E-state index in [1.807, 2.05) is 0 Å². The lowest BCUT2D eigenvalue weighted by molar-refractivity contribution is -0.137. The van der Waals surface area contributed by atoms with Crippen molar-refractivity contribution in [2.75, 3.05) is 17.7 Å². The molecule has 0 radical (unpaired) electrons. The number of alkyl halides is 3. The van der Waals surface area contributed by atoms with Gasteiger partial charge in [0, 0.05) is 29.4 Å². The lowest BCUT2D eigenvalue weighted by atomic mass is 10.1. The van der Waals surface area contributed by atoms with E-state index in [0.29, 0.717) is 27.6 Å². The maximum absolute atomic E-state index is 12.7. The Balaban J connectivity index is 1.63. The molecule has 10 heteroatoms. The van der Waals surface area contributed by atoms with E-state index in [0.717, 1.165) is 12.1 Å². The molecule has 0 atom stereocenters. The van der Waals surface area contributed by atoms with E-state index in [1.165, 1.54) is 30.5 Å². The molecule has 0 aliphatic heterocycles. The van der Waals surface area contributed by atoms with Gasteiger partial charge in [0.2, 0.25) is 5.91 Å². The molecular formula is C20H17F3N4O2S. The van der Waals surface area contributed by atoms with E-state index >= 15 is 0 Å². The van der Waals surface area contributed by atoms with Crippen molar-refractivity contribution in [2.24, 2.45) is 0 Å². The highest BCUT2D eigenvalue weighted by Gasteiger charge is 2.30. The Morgan fingerprint density at radius 3 is 2.33 bits per heavy atom. The van der Waals surface area contributed by atoms with Crippen molar-refractivity contribution < 1.29 is 22.8 Å². The molecule has 0 fully saturated rings. The third kappa shape index (κ3) is 5.57. The molecule has 0 aliphatic rings. The number of benzene rings is 2. The van der Waals surface area contributed by atoms with Crippen LogP contribution in [0.25, 0.3) is 10.6 Å². The zero-order valence-electron chi connectivity index (χ0n) is 15.7. The van der Waals surface area contributed by atoms with Gasteiger partial charge in [0.1, 0.15) is 5.01 Å². The Hall–Kier alpha value is -3.40. The number of thiazole rings is 1. The summed E-state index contributed by atoms with van der Waals surface area (Å²) < 4.78 is 38.0. The van der Waals surface area contributed by atoms with Crippen molar-refractivity contribution >= 4 is 34.6 Å². The molecule has 30 heavy (non-hydrogen) atoms. The number of urea groups is 1. The predicted molar refractivity (Wildman–Crippen MR) is 109 cm³/mol. The average molecular weight is 434 g/mol. The van der Waals surface area contributed by atoms with Gasteiger partial charge in [-0.05, 0) is 30.3 Å². The number of nitrogens with one attached hydrogen (secondary N) is 3. The van der Waals surface area contributed by atoms with Gasteiger partial charge >= 0.3 is 12.2 Å². The molecule has 0 spiro atoms. The molecule has 0 aliphatic carbocycles. The van der Waals surface area contributed by atoms with E-state index in [2.05, 4.69) is 20.9 Å². The number of halogens is 3. The highest BCUT2D eigenvalue weighted by atomic mass is 32.1. The molecule has 0 bridgehead atoms. The van der Waals surface area contributed by atoms with Crippen LogP contribution in [0.2, 0.25) is 0 Å². The zero-order valence-corrected chi connectivity index (χ0v) is 16.5. The molecule has 0 saturated heterocycles. The summed E-state index contributed by atoms with van der Waals surface area (Å²) in [6, 6.07) is 11.0. The maximum Gasteiger partial charge on any atom is 0.416 e. The molecule has 3 N–H and O–H groups in total. The van der Waals surface area contributed by atoms with Crippen molar-refractivity contribution in [3.05, 3.63) is 65.2 Å². The lowest BCUT2D eigenvalue weighted by Crippen LogP contribution is -2.24. The normalized spacial score (nSPS) is 11.1. The fourth-order valence-electron chi connectivity index (χ4n) is 2.56. The van der Waals surface area contributed by atoms with Gasteiger partial charge in [-0.25, -0.2) is 9.78 Å². The molecule has 2 aromatic carbocycles. The number of carbonyl (C=O) groups is 2. The van der Waals surface area contributed by atoms with E-state index in [1.54, 1.807) is 29.6 Å². The first-order valence-electron chi connectivity index (χ1n) is 8.75. The number of carbonyl (C=O) groups excluding carboxylic acids is 2. The van der Waals surface area contributed by atoms with Crippen LogP contribution < -0.4 is 16.0 Å². The average Bonchev–Trinajstić information content (AvgIpc) is 3.16. The Bertz CT molecular complexity index is 1050. The highest BCUT2D eigenvalue weighted by Crippen LogP contribution is 2.31. The summed E-state index contributed by atoms with van der Waals surface area (Å²) in [7, 11) is 1.49. The molecule has 3 rings (SSSR count). The van der Waals surface area contributed by atoms with Crippen molar-refractivity contribution in [1.29, 1.82) is 0 Å². The minimum absolute atomic E-state index is 0.00420. The smallest absolute Gasteiger partial charge is 0.341 e. The third-order valence-corrected chi connectivity index (χ3v) is 4.92. The van der Waals surface area contributed by atoms with Crippen molar-refractivity contribution in [3.8, 4) is 10.6 Å². The first kappa shape index (κ1) is 21.3. The summed E-state index contributed by atoms with van der Waals surface area (Å²) in [5.74, 6) is -0.309. The van der Waals surface area contributed by atoms with Crippen LogP contribution in [0.3, 0.4) is 0 Å². The number of nitrogens with zero attached hydrogens (tertiary/aromatic N) is 1. The highest BCUT2D eigenvalue weighted by molar-refractivity contribution is 7.13. The molecule has 6 nitrogen and oxygen atoms in total. The van der Waals surface area contributed by atoms with Gasteiger partial charge in [0.05, 0.1) is 17.7 Å². The topological polar surface area (TPSA) is 83.1 Å². The molecule has 3 aromatic rings. The van der Waals surface area contributed by atoms with Crippen molar-refractivity contribution in [2.45, 2.75) is 12.6 Å². The van der Waals surface area contributed by atoms with Gasteiger partial charge in [-0.1, -0.05) is 18.2 Å². The fraction of sp³-hybridized carbons (Fsp3) is 0.150. The van der Waals surface area contributed by atoms with Crippen molar-refractivity contribution in [3.63, 3.8) is 0 Å². The summed E-state index contributed by atoms with van der Waals surface area (Å²) in [4.78, 5) is 28.0. The number of anilines is 2. The Morgan fingerprint density at radius 1 is 1.03 bits per heavy atom. The van der Waals surface area contributed by atoms with Crippen LogP contribution in [0.4, 0.5) is 29.3 Å². The van der Waals surface area contributed by atoms with Gasteiger partial charge < -0.3 is 16.0 Å². The molecule has 0 unspecified atom stereocenters. The first-order valence-corrected chi connectivity index (χ1v) is 9.63. The summed E-state index contributed by atoms with van der Waals surface area (Å²) in [5, 5.41) is 9.99. The number of rotatable bonds is 5. The maximum atomic E-state index is 12.7. The van der Waals surface area contributed by atoms with Gasteiger partial charge in [-0.3, -0.25) is 4.79 Å². The standard InChI is InChI=1S/C20H17F3N4O2S/c1-24-19(29)27-15-4-2-3-14(9-15)25-17(28)10-16-11-30-18(26-16)12-5-7-13(8-6-12)20(21,22)23/h2-9,11H,10H2,1H3,(H,25,28)(H2,24,27,29). The van der Waals surface area contributed by atoms with Gasteiger partial charge in [-0.15, -0.1) is 11.3 Å². The van der Waals surface area contributed by atoms with E-state index in [9.17, 15) is 22.8 Å². The van der Waals surface area contributed by atoms with Crippen LogP contribution >= 0.6 is 11.3 Å². The van der Waals surface area contributed by atoms with E-state index in [-0.39, 0.29) is 18.4 Å². The quantitative estimate of drug-likeness (QED) is 0.541. The van der Waals surface area contributed by atoms with Crippen LogP contribution in [0, 0.1) is 0 Å². The monoisotopic (exact) mass is 434 g/mol. The number of aromatic nitrogens is 1. The van der Waals surface area contributed by atoms with Gasteiger partial charge in [0.15, 0.2) is 0 Å². The van der Waals surface area contributed by atoms with Gasteiger partial charge in [-0.2, -0.15) is 13.2 Å². The molecular weight excluding hydrogens is 417 g/mol. The van der Waals surface area contributed by atoms with Crippen LogP contribution in [0.5, 0.6) is 0 Å². The summed E-state index contributed by atoms with van der Waals surface area (Å²) in [5.41, 5.74) is 1.35. The molecule has 0 saturated carbocycles. The van der Waals surface area contributed by atoms with Crippen LogP contribution in [-0.2, 0) is 17.4 Å². The third-order valence-electron chi connectivity index (χ3n) is 3.98. The zero-order chi connectivity index (χ0) is 21.7. The van der Waals surface area contributed by atoms with Crippen LogP contribution in [0.15, 0.2) is 53.9 Å². The SMILES string of the molecule is CNC(=O)Nc1cccc(NC(=O)Cc2csc(-c3ccc(C(F)(F)F)cc3)n2)c1. The summed E-state index contributed by atoms with van der Waals surface area (Å²) >= 11 is 1.25. The molecule has 1 aromatic heterocycles. The second-order valence-electron chi connectivity index (χ2n) is 6.23. The second-order valence-corrected chi connectivity index (χ2v) is 7.09. The number of hydrogen-bond donors (Lipinski definition) is 3. The Labute approximate surface area is 174 Å². The van der Waals surface area contributed by atoms with E-state index < -0.39 is 11.7 Å². The summed E-state index contributed by atoms with van der Waals surface area (Å²) in [6.45, 7) is 0. The first-order chi connectivity index (χ1) is 14.2. The summed E-state index contributed by atoms with van der Waals surface area (Å²) in [6.07, 6.45) is -4.39. The van der Waals surface area contributed by atoms with Crippen LogP contribution in [0.1, 0.15) is 11.3 Å². The van der Waals surface area contributed by atoms with Gasteiger partial charge in [0.25, 0.3) is 0 Å². The number of amides is 3. The largest absolute Gasteiger partial charge is 0.416 e. The Kier molecular flexibility index (Phi) is 6.36.